The molecule has 0 bridgehead atoms. The van der Waals surface area contributed by atoms with Crippen molar-refractivity contribution in [1.82, 2.24) is 10.3 Å². The molecule has 2 aromatic rings. The first-order valence-electron chi connectivity index (χ1n) is 7.26. The number of benzene rings is 2. The van der Waals surface area contributed by atoms with E-state index < -0.39 is 44.9 Å². The van der Waals surface area contributed by atoms with Crippen LogP contribution in [0, 0.1) is 31.3 Å². The maximum Gasteiger partial charge on any atom is 0.272 e. The molecule has 2 N–H and O–H groups in total. The van der Waals surface area contributed by atoms with Crippen LogP contribution < -0.4 is 15.0 Å². The molecule has 0 radical (unpaired) electrons. The minimum Gasteiger partial charge on any atom is -0.483 e. The number of sulfonamides is 1. The second-order valence-corrected chi connectivity index (χ2v) is 6.99. The van der Waals surface area contributed by atoms with Gasteiger partial charge in [0.25, 0.3) is 15.9 Å². The number of rotatable bonds is 6. The van der Waals surface area contributed by atoms with Gasteiger partial charge >= 0.3 is 0 Å². The Morgan fingerprint density at radius 2 is 1.65 bits per heavy atom. The molecule has 0 saturated carbocycles. The molecule has 2 rings (SSSR count). The van der Waals surface area contributed by atoms with E-state index in [0.717, 1.165) is 11.1 Å². The minimum atomic E-state index is -4.64. The van der Waals surface area contributed by atoms with Gasteiger partial charge in [0, 0.05) is 0 Å². The summed E-state index contributed by atoms with van der Waals surface area (Å²) in [6, 6.07) is 6.35. The molecule has 2 aromatic carbocycles. The fraction of sp³-hybridized carbons (Fsp3) is 0.188. The zero-order valence-corrected chi connectivity index (χ0v) is 14.6. The van der Waals surface area contributed by atoms with Gasteiger partial charge in [-0.1, -0.05) is 18.2 Å². The van der Waals surface area contributed by atoms with Crippen LogP contribution in [-0.4, -0.2) is 20.9 Å². The quantitative estimate of drug-likeness (QED) is 0.586. The molecule has 0 spiro atoms. The van der Waals surface area contributed by atoms with Gasteiger partial charge in [0.2, 0.25) is 0 Å². The Hall–Kier alpha value is -2.59. The highest BCUT2D eigenvalue weighted by molar-refractivity contribution is 7.89. The molecule has 0 unspecified atom stereocenters. The fourth-order valence-corrected chi connectivity index (χ4v) is 3.03. The maximum atomic E-state index is 13.6. The van der Waals surface area contributed by atoms with Gasteiger partial charge in [-0.2, -0.15) is 0 Å². The van der Waals surface area contributed by atoms with Crippen molar-refractivity contribution < 1.29 is 31.1 Å². The lowest BCUT2D eigenvalue weighted by Gasteiger charge is -2.13. The highest BCUT2D eigenvalue weighted by Gasteiger charge is 2.24. The van der Waals surface area contributed by atoms with Gasteiger partial charge in [0.1, 0.15) is 10.6 Å². The van der Waals surface area contributed by atoms with Crippen LogP contribution in [0.4, 0.5) is 13.2 Å². The molecule has 140 valence electrons. The van der Waals surface area contributed by atoms with Crippen molar-refractivity contribution in [2.24, 2.45) is 0 Å². The third kappa shape index (κ3) is 4.33. The summed E-state index contributed by atoms with van der Waals surface area (Å²) in [5, 5.41) is 0. The first-order valence-corrected chi connectivity index (χ1v) is 8.75. The van der Waals surface area contributed by atoms with Crippen LogP contribution >= 0.6 is 0 Å². The lowest BCUT2D eigenvalue weighted by atomic mass is 10.1. The molecule has 10 heteroatoms. The Balaban J connectivity index is 2.01. The zero-order valence-electron chi connectivity index (χ0n) is 13.8. The Morgan fingerprint density at radius 1 is 1.04 bits per heavy atom. The van der Waals surface area contributed by atoms with E-state index in [1.807, 2.05) is 11.5 Å². The van der Waals surface area contributed by atoms with Gasteiger partial charge in [-0.05, 0) is 37.1 Å². The predicted octanol–water partition coefficient (Wildman–Crippen LogP) is 2.11. The van der Waals surface area contributed by atoms with Gasteiger partial charge in [-0.15, -0.1) is 4.83 Å². The average Bonchev–Trinajstić information content (AvgIpc) is 2.57. The van der Waals surface area contributed by atoms with Crippen LogP contribution in [0.3, 0.4) is 0 Å². The summed E-state index contributed by atoms with van der Waals surface area (Å²) in [5.41, 5.74) is 3.37. The normalized spacial score (nSPS) is 11.3. The largest absolute Gasteiger partial charge is 0.483 e. The number of hydrogen-bond donors (Lipinski definition) is 2. The number of hydrazine groups is 1. The summed E-state index contributed by atoms with van der Waals surface area (Å²) in [7, 11) is -4.64. The van der Waals surface area contributed by atoms with Gasteiger partial charge in [-0.3, -0.25) is 10.2 Å². The summed E-state index contributed by atoms with van der Waals surface area (Å²) in [4.78, 5) is 12.2. The molecule has 0 aliphatic carbocycles. The lowest BCUT2D eigenvalue weighted by Crippen LogP contribution is -2.44. The summed E-state index contributed by atoms with van der Waals surface area (Å²) in [6.45, 7) is 3.03. The third-order valence-electron chi connectivity index (χ3n) is 3.37. The Labute approximate surface area is 148 Å². The maximum absolute atomic E-state index is 13.6. The molecular weight excluding hydrogens is 373 g/mol. The third-order valence-corrected chi connectivity index (χ3v) is 4.64. The van der Waals surface area contributed by atoms with E-state index in [2.05, 4.69) is 0 Å². The second-order valence-electron chi connectivity index (χ2n) is 5.34. The van der Waals surface area contributed by atoms with Crippen molar-refractivity contribution in [1.29, 1.82) is 0 Å². The van der Waals surface area contributed by atoms with Gasteiger partial charge in [0.05, 0.1) is 0 Å². The Kier molecular flexibility index (Phi) is 5.88. The van der Waals surface area contributed by atoms with Crippen LogP contribution in [0.2, 0.25) is 0 Å². The monoisotopic (exact) mass is 388 g/mol. The highest BCUT2D eigenvalue weighted by Crippen LogP contribution is 2.22. The van der Waals surface area contributed by atoms with Gasteiger partial charge in [-0.25, -0.2) is 21.6 Å². The first kappa shape index (κ1) is 19.7. The van der Waals surface area contributed by atoms with Crippen LogP contribution in [0.1, 0.15) is 11.1 Å². The van der Waals surface area contributed by atoms with Crippen molar-refractivity contribution in [3.05, 3.63) is 58.9 Å². The highest BCUT2D eigenvalue weighted by atomic mass is 32.2. The van der Waals surface area contributed by atoms with E-state index in [0.29, 0.717) is 17.9 Å². The molecule has 0 aromatic heterocycles. The topological polar surface area (TPSA) is 84.5 Å². The number of nitrogens with one attached hydrogen (secondary N) is 2. The van der Waals surface area contributed by atoms with Crippen molar-refractivity contribution in [3.63, 3.8) is 0 Å². The van der Waals surface area contributed by atoms with Crippen LogP contribution in [0.5, 0.6) is 5.75 Å². The Morgan fingerprint density at radius 3 is 2.27 bits per heavy atom. The standard InChI is InChI=1S/C16H15F3N2O4S/c1-9-4-3-5-10(2)16(9)25-8-13(22)20-21-26(23,24)12-7-6-11(17)14(18)15(12)19/h3-7,21H,8H2,1-2H3,(H,20,22). The van der Waals surface area contributed by atoms with Crippen LogP contribution in [0.25, 0.3) is 0 Å². The van der Waals surface area contributed by atoms with Crippen LogP contribution in [-0.2, 0) is 14.8 Å². The lowest BCUT2D eigenvalue weighted by molar-refractivity contribution is -0.123. The molecule has 0 aliphatic heterocycles. The van der Waals surface area contributed by atoms with Crippen molar-refractivity contribution in [2.45, 2.75) is 18.7 Å². The predicted molar refractivity (Wildman–Crippen MR) is 86.2 cm³/mol. The van der Waals surface area contributed by atoms with E-state index in [9.17, 15) is 26.4 Å². The number of hydrogen-bond acceptors (Lipinski definition) is 4. The summed E-state index contributed by atoms with van der Waals surface area (Å²) < 4.78 is 68.7. The molecular formula is C16H15F3N2O4S. The minimum absolute atomic E-state index is 0.457. The molecule has 26 heavy (non-hydrogen) atoms. The SMILES string of the molecule is Cc1cccc(C)c1OCC(=O)NNS(=O)(=O)c1ccc(F)c(F)c1F. The van der Waals surface area contributed by atoms with E-state index in [1.54, 1.807) is 30.8 Å². The van der Waals surface area contributed by atoms with Crippen molar-refractivity contribution >= 4 is 15.9 Å². The molecule has 0 saturated heterocycles. The molecule has 0 aliphatic rings. The van der Waals surface area contributed by atoms with Gasteiger partial charge < -0.3 is 4.74 Å². The van der Waals surface area contributed by atoms with Crippen molar-refractivity contribution in [2.75, 3.05) is 6.61 Å². The second kappa shape index (κ2) is 7.75. The number of halogens is 3. The number of amides is 1. The van der Waals surface area contributed by atoms with Crippen LogP contribution in [0.15, 0.2) is 35.2 Å². The average molecular weight is 388 g/mol. The van der Waals surface area contributed by atoms with E-state index >= 15 is 0 Å². The Bertz CT molecular complexity index is 929. The first-order chi connectivity index (χ1) is 12.1. The van der Waals surface area contributed by atoms with Gasteiger partial charge in [0.15, 0.2) is 24.1 Å². The number of aryl methyl sites for hydroxylation is 2. The van der Waals surface area contributed by atoms with E-state index in [1.165, 1.54) is 0 Å². The number of para-hydroxylation sites is 1. The number of carbonyl (C=O) groups is 1. The molecule has 0 fully saturated rings. The number of carbonyl (C=O) groups excluding carboxylic acids is 1. The molecule has 0 heterocycles. The van der Waals surface area contributed by atoms with E-state index in [-0.39, 0.29) is 0 Å². The number of ether oxygens (including phenoxy) is 1. The van der Waals surface area contributed by atoms with Crippen molar-refractivity contribution in [3.8, 4) is 5.75 Å². The van der Waals surface area contributed by atoms with E-state index in [4.69, 9.17) is 4.74 Å². The zero-order chi connectivity index (χ0) is 19.5. The molecule has 0 atom stereocenters. The smallest absolute Gasteiger partial charge is 0.272 e. The summed E-state index contributed by atoms with van der Waals surface area (Å²) in [5.74, 6) is -5.76. The summed E-state index contributed by atoms with van der Waals surface area (Å²) in [6.07, 6.45) is 0. The molecule has 1 amide bonds. The fourth-order valence-electron chi connectivity index (χ4n) is 2.10. The molecule has 6 nitrogen and oxygen atoms in total. The summed E-state index contributed by atoms with van der Waals surface area (Å²) >= 11 is 0.